The lowest BCUT2D eigenvalue weighted by molar-refractivity contribution is -0.131. The van der Waals surface area contributed by atoms with Gasteiger partial charge in [0.1, 0.15) is 11.5 Å². The molecule has 25 heavy (non-hydrogen) atoms. The Bertz CT molecular complexity index is 538. The van der Waals surface area contributed by atoms with Crippen molar-refractivity contribution in [1.29, 1.82) is 0 Å². The van der Waals surface area contributed by atoms with Crippen molar-refractivity contribution in [2.24, 2.45) is 0 Å². The summed E-state index contributed by atoms with van der Waals surface area (Å²) in [6, 6.07) is 8.75. The lowest BCUT2D eigenvalue weighted by Gasteiger charge is -2.24. The number of amides is 1. The lowest BCUT2D eigenvalue weighted by Crippen LogP contribution is -2.39. The van der Waals surface area contributed by atoms with Gasteiger partial charge in [-0.25, -0.2) is 0 Å². The van der Waals surface area contributed by atoms with E-state index in [-0.39, 0.29) is 18.3 Å². The number of benzene rings is 1. The molecule has 5 nitrogen and oxygen atoms in total. The minimum absolute atomic E-state index is 0. The fourth-order valence-electron chi connectivity index (χ4n) is 3.54. The van der Waals surface area contributed by atoms with Crippen LogP contribution in [0.15, 0.2) is 24.3 Å². The molecule has 0 aromatic heterocycles. The number of nitrogens with zero attached hydrogens (tertiary/aromatic N) is 1. The van der Waals surface area contributed by atoms with Crippen LogP contribution >= 0.6 is 12.4 Å². The summed E-state index contributed by atoms with van der Waals surface area (Å²) < 4.78 is 11.1. The maximum absolute atomic E-state index is 12.4. The molecule has 2 heterocycles. The zero-order valence-corrected chi connectivity index (χ0v) is 15.7. The molecule has 1 N–H and O–H groups in total. The Morgan fingerprint density at radius 1 is 1.12 bits per heavy atom. The summed E-state index contributed by atoms with van der Waals surface area (Å²) in [5.74, 6) is 1.94. The molecule has 1 aromatic carbocycles. The smallest absolute Gasteiger partial charge is 0.222 e. The highest BCUT2D eigenvalue weighted by molar-refractivity contribution is 5.85. The topological polar surface area (TPSA) is 50.8 Å². The number of fused-ring (bicyclic) bond motifs is 2. The highest BCUT2D eigenvalue weighted by atomic mass is 35.5. The Morgan fingerprint density at radius 2 is 1.80 bits per heavy atom. The third kappa shape index (κ3) is 5.79. The Kier molecular flexibility index (Phi) is 7.85. The Balaban J connectivity index is 0.00000225. The lowest BCUT2D eigenvalue weighted by atomic mass is 10.1. The Labute approximate surface area is 156 Å². The van der Waals surface area contributed by atoms with E-state index in [0.29, 0.717) is 31.7 Å². The van der Waals surface area contributed by atoms with Gasteiger partial charge < -0.3 is 19.7 Å². The summed E-state index contributed by atoms with van der Waals surface area (Å²) in [6.45, 7) is 4.96. The molecule has 140 valence electrons. The summed E-state index contributed by atoms with van der Waals surface area (Å²) in [5.41, 5.74) is 0. The van der Waals surface area contributed by atoms with Crippen molar-refractivity contribution in [3.8, 4) is 11.5 Å². The van der Waals surface area contributed by atoms with E-state index < -0.39 is 0 Å². The van der Waals surface area contributed by atoms with Gasteiger partial charge in [-0.15, -0.1) is 12.4 Å². The second-order valence-electron chi connectivity index (χ2n) is 6.62. The average Bonchev–Trinajstić information content (AvgIpc) is 2.92. The van der Waals surface area contributed by atoms with Crippen LogP contribution in [0.3, 0.4) is 0 Å². The maximum Gasteiger partial charge on any atom is 0.222 e. The van der Waals surface area contributed by atoms with E-state index in [1.54, 1.807) is 0 Å². The van der Waals surface area contributed by atoms with Crippen LogP contribution in [0, 0.1) is 0 Å². The van der Waals surface area contributed by atoms with E-state index in [9.17, 15) is 4.79 Å². The van der Waals surface area contributed by atoms with Crippen molar-refractivity contribution in [2.75, 3.05) is 26.3 Å². The molecular formula is C19H29ClN2O3. The van der Waals surface area contributed by atoms with Gasteiger partial charge in [-0.2, -0.15) is 0 Å². The number of halogens is 1. The predicted molar refractivity (Wildman–Crippen MR) is 101 cm³/mol. The van der Waals surface area contributed by atoms with Gasteiger partial charge in [0.05, 0.1) is 13.2 Å². The normalized spacial score (nSPS) is 22.0. The number of ether oxygens (including phenoxy) is 2. The number of hydrogen-bond acceptors (Lipinski definition) is 4. The molecular weight excluding hydrogens is 340 g/mol. The Morgan fingerprint density at radius 3 is 2.52 bits per heavy atom. The summed E-state index contributed by atoms with van der Waals surface area (Å²) in [4.78, 5) is 14.4. The molecule has 3 rings (SSSR count). The van der Waals surface area contributed by atoms with Gasteiger partial charge in [-0.05, 0) is 56.9 Å². The van der Waals surface area contributed by atoms with E-state index in [4.69, 9.17) is 9.47 Å². The van der Waals surface area contributed by atoms with Crippen molar-refractivity contribution in [3.63, 3.8) is 0 Å². The van der Waals surface area contributed by atoms with Crippen LogP contribution in [-0.4, -0.2) is 49.2 Å². The third-order valence-corrected chi connectivity index (χ3v) is 4.81. The molecule has 0 aliphatic carbocycles. The van der Waals surface area contributed by atoms with Crippen LogP contribution in [0.1, 0.15) is 39.0 Å². The van der Waals surface area contributed by atoms with E-state index >= 15 is 0 Å². The number of carbonyl (C=O) groups excluding carboxylic acids is 1. The highest BCUT2D eigenvalue weighted by Gasteiger charge is 2.30. The second-order valence-corrected chi connectivity index (χ2v) is 6.62. The zero-order chi connectivity index (χ0) is 16.8. The van der Waals surface area contributed by atoms with Gasteiger partial charge in [0, 0.05) is 31.6 Å². The van der Waals surface area contributed by atoms with Crippen molar-refractivity contribution >= 4 is 18.3 Å². The van der Waals surface area contributed by atoms with Gasteiger partial charge in [0.25, 0.3) is 0 Å². The fourth-order valence-corrected chi connectivity index (χ4v) is 3.54. The molecule has 2 fully saturated rings. The minimum Gasteiger partial charge on any atom is -0.494 e. The summed E-state index contributed by atoms with van der Waals surface area (Å²) in [5, 5.41) is 3.61. The SMILES string of the molecule is CCOc1ccc(OCCCC(=O)N2CCC3CCC(C2)N3)cc1.Cl. The maximum atomic E-state index is 12.4. The minimum atomic E-state index is 0. The van der Waals surface area contributed by atoms with Crippen LogP contribution in [0.5, 0.6) is 11.5 Å². The van der Waals surface area contributed by atoms with Gasteiger partial charge >= 0.3 is 0 Å². The molecule has 1 aromatic rings. The number of carbonyl (C=O) groups is 1. The van der Waals surface area contributed by atoms with Gasteiger partial charge in [0.2, 0.25) is 5.91 Å². The largest absolute Gasteiger partial charge is 0.494 e. The van der Waals surface area contributed by atoms with E-state index in [0.717, 1.165) is 37.4 Å². The first-order valence-corrected chi connectivity index (χ1v) is 9.14. The standard InChI is InChI=1S/C19H28N2O3.ClH/c1-2-23-17-7-9-18(10-8-17)24-13-3-4-19(22)21-12-11-15-5-6-16(14-21)20-15;/h7-10,15-16,20H,2-6,11-14H2,1H3;1H. The van der Waals surface area contributed by atoms with Crippen molar-refractivity contribution < 1.29 is 14.3 Å². The molecule has 2 aliphatic heterocycles. The molecule has 2 bridgehead atoms. The predicted octanol–water partition coefficient (Wildman–Crippen LogP) is 3.02. The third-order valence-electron chi connectivity index (χ3n) is 4.81. The first-order chi connectivity index (χ1) is 11.7. The van der Waals surface area contributed by atoms with Crippen LogP contribution < -0.4 is 14.8 Å². The van der Waals surface area contributed by atoms with Crippen LogP contribution in [0.25, 0.3) is 0 Å². The molecule has 1 amide bonds. The number of rotatable bonds is 7. The van der Waals surface area contributed by atoms with E-state index in [1.165, 1.54) is 12.8 Å². The van der Waals surface area contributed by atoms with Crippen molar-refractivity contribution in [2.45, 2.75) is 51.1 Å². The van der Waals surface area contributed by atoms with Crippen molar-refractivity contribution in [1.82, 2.24) is 10.2 Å². The average molecular weight is 369 g/mol. The fraction of sp³-hybridized carbons (Fsp3) is 0.632. The monoisotopic (exact) mass is 368 g/mol. The molecule has 2 aliphatic rings. The Hall–Kier alpha value is -1.46. The van der Waals surface area contributed by atoms with Gasteiger partial charge in [-0.3, -0.25) is 4.79 Å². The van der Waals surface area contributed by atoms with E-state index in [1.807, 2.05) is 36.1 Å². The number of nitrogens with one attached hydrogen (secondary N) is 1. The first kappa shape index (κ1) is 19.9. The molecule has 6 heteroatoms. The molecule has 2 unspecified atom stereocenters. The zero-order valence-electron chi connectivity index (χ0n) is 14.9. The first-order valence-electron chi connectivity index (χ1n) is 9.14. The molecule has 0 spiro atoms. The van der Waals surface area contributed by atoms with Crippen LogP contribution in [0.2, 0.25) is 0 Å². The quantitative estimate of drug-likeness (QED) is 0.751. The van der Waals surface area contributed by atoms with Gasteiger partial charge in [-0.1, -0.05) is 0 Å². The molecule has 0 saturated carbocycles. The number of likely N-dealkylation sites (tertiary alicyclic amines) is 1. The van der Waals surface area contributed by atoms with Crippen LogP contribution in [0.4, 0.5) is 0 Å². The number of hydrogen-bond donors (Lipinski definition) is 1. The van der Waals surface area contributed by atoms with Crippen molar-refractivity contribution in [3.05, 3.63) is 24.3 Å². The highest BCUT2D eigenvalue weighted by Crippen LogP contribution is 2.21. The van der Waals surface area contributed by atoms with Gasteiger partial charge in [0.15, 0.2) is 0 Å². The molecule has 2 saturated heterocycles. The second kappa shape index (κ2) is 9.88. The van der Waals surface area contributed by atoms with E-state index in [2.05, 4.69) is 5.32 Å². The molecule has 0 radical (unpaired) electrons. The molecule has 2 atom stereocenters. The summed E-state index contributed by atoms with van der Waals surface area (Å²) in [6.07, 6.45) is 4.88. The summed E-state index contributed by atoms with van der Waals surface area (Å²) >= 11 is 0. The summed E-state index contributed by atoms with van der Waals surface area (Å²) in [7, 11) is 0. The van der Waals surface area contributed by atoms with Crippen LogP contribution in [-0.2, 0) is 4.79 Å².